The Hall–Kier alpha value is -2.95. The van der Waals surface area contributed by atoms with Crippen molar-refractivity contribution in [3.63, 3.8) is 0 Å². The Kier molecular flexibility index (Phi) is 7.03. The van der Waals surface area contributed by atoms with Crippen LogP contribution in [0.25, 0.3) is 10.9 Å². The monoisotopic (exact) mass is 405 g/mol. The Morgan fingerprint density at radius 3 is 2.37 bits per heavy atom. The van der Waals surface area contributed by atoms with E-state index in [1.54, 1.807) is 4.57 Å². The lowest BCUT2D eigenvalue weighted by Crippen LogP contribution is -2.39. The fourth-order valence-corrected chi connectivity index (χ4v) is 3.75. The first-order chi connectivity index (χ1) is 14.4. The quantitative estimate of drug-likeness (QED) is 0.551. The van der Waals surface area contributed by atoms with E-state index in [0.29, 0.717) is 42.2 Å². The van der Waals surface area contributed by atoms with Gasteiger partial charge in [0.15, 0.2) is 0 Å². The first-order valence-corrected chi connectivity index (χ1v) is 10.7. The number of carbonyl (C=O) groups excluding carboxylic acids is 1. The highest BCUT2D eigenvalue weighted by Crippen LogP contribution is 2.22. The van der Waals surface area contributed by atoms with Gasteiger partial charge in [0.05, 0.1) is 23.4 Å². The Balaban J connectivity index is 2.00. The fraction of sp³-hybridized carbons (Fsp3) is 0.400. The van der Waals surface area contributed by atoms with Crippen LogP contribution >= 0.6 is 0 Å². The van der Waals surface area contributed by atoms with Gasteiger partial charge in [-0.25, -0.2) is 4.98 Å². The van der Waals surface area contributed by atoms with Crippen LogP contribution in [0, 0.1) is 5.92 Å². The van der Waals surface area contributed by atoms with Gasteiger partial charge in [0.25, 0.3) is 5.56 Å². The second-order valence-electron chi connectivity index (χ2n) is 8.14. The molecule has 1 aromatic heterocycles. The standard InChI is InChI=1S/C25H31N3O2/c1-5-27-24(26-22-14-10-9-13-21(22)25(27)30)19(4)28(16-15-18(2)3)23(29)17-20-11-7-6-8-12-20/h6-14,18-19H,5,15-17H2,1-4H3. The van der Waals surface area contributed by atoms with Crippen molar-refractivity contribution in [2.45, 2.75) is 53.1 Å². The van der Waals surface area contributed by atoms with Gasteiger partial charge in [-0.1, -0.05) is 56.3 Å². The summed E-state index contributed by atoms with van der Waals surface area (Å²) in [6.45, 7) is 9.38. The number of rotatable bonds is 8. The van der Waals surface area contributed by atoms with Gasteiger partial charge >= 0.3 is 0 Å². The third-order valence-corrected chi connectivity index (χ3v) is 5.51. The Bertz CT molecular complexity index is 1060. The summed E-state index contributed by atoms with van der Waals surface area (Å²) in [6, 6.07) is 16.9. The van der Waals surface area contributed by atoms with Crippen LogP contribution < -0.4 is 5.56 Å². The predicted molar refractivity (Wildman–Crippen MR) is 121 cm³/mol. The van der Waals surface area contributed by atoms with Crippen LogP contribution in [0.2, 0.25) is 0 Å². The second-order valence-corrected chi connectivity index (χ2v) is 8.14. The number of benzene rings is 2. The highest BCUT2D eigenvalue weighted by molar-refractivity contribution is 5.80. The van der Waals surface area contributed by atoms with Crippen LogP contribution in [0.15, 0.2) is 59.4 Å². The highest BCUT2D eigenvalue weighted by atomic mass is 16.2. The van der Waals surface area contributed by atoms with Gasteiger partial charge in [-0.2, -0.15) is 0 Å². The summed E-state index contributed by atoms with van der Waals surface area (Å²) >= 11 is 0. The molecule has 0 aliphatic heterocycles. The number of nitrogens with zero attached hydrogens (tertiary/aromatic N) is 3. The van der Waals surface area contributed by atoms with Crippen LogP contribution in [0.1, 0.15) is 51.5 Å². The maximum absolute atomic E-state index is 13.3. The van der Waals surface area contributed by atoms with E-state index in [1.807, 2.05) is 73.3 Å². The third-order valence-electron chi connectivity index (χ3n) is 5.51. The molecule has 1 heterocycles. The lowest BCUT2D eigenvalue weighted by atomic mass is 10.1. The van der Waals surface area contributed by atoms with Crippen LogP contribution in [0.4, 0.5) is 0 Å². The normalized spacial score (nSPS) is 12.3. The van der Waals surface area contributed by atoms with Crippen LogP contribution in [-0.2, 0) is 17.8 Å². The van der Waals surface area contributed by atoms with E-state index >= 15 is 0 Å². The molecule has 3 aromatic rings. The molecule has 158 valence electrons. The summed E-state index contributed by atoms with van der Waals surface area (Å²) in [6.07, 6.45) is 1.24. The zero-order chi connectivity index (χ0) is 21.7. The van der Waals surface area contributed by atoms with E-state index in [0.717, 1.165) is 12.0 Å². The molecule has 0 N–H and O–H groups in total. The number of aromatic nitrogens is 2. The van der Waals surface area contributed by atoms with E-state index in [9.17, 15) is 9.59 Å². The van der Waals surface area contributed by atoms with Crippen molar-refractivity contribution >= 4 is 16.8 Å². The molecule has 1 atom stereocenters. The minimum absolute atomic E-state index is 0.0516. The number of amides is 1. The van der Waals surface area contributed by atoms with Crippen molar-refractivity contribution < 1.29 is 4.79 Å². The summed E-state index contributed by atoms with van der Waals surface area (Å²) in [4.78, 5) is 33.1. The largest absolute Gasteiger partial charge is 0.332 e. The van der Waals surface area contributed by atoms with Crippen molar-refractivity contribution in [1.82, 2.24) is 14.5 Å². The SMILES string of the molecule is CCn1c(C(C)N(CCC(C)C)C(=O)Cc2ccccc2)nc2ccccc2c1=O. The molecule has 1 amide bonds. The van der Waals surface area contributed by atoms with Crippen molar-refractivity contribution in [2.24, 2.45) is 5.92 Å². The summed E-state index contributed by atoms with van der Waals surface area (Å²) in [5, 5.41) is 0.611. The van der Waals surface area contributed by atoms with Gasteiger partial charge in [0.1, 0.15) is 5.82 Å². The maximum atomic E-state index is 13.3. The average Bonchev–Trinajstić information content (AvgIpc) is 2.74. The lowest BCUT2D eigenvalue weighted by Gasteiger charge is -2.31. The third kappa shape index (κ3) is 4.78. The van der Waals surface area contributed by atoms with Gasteiger partial charge in [-0.05, 0) is 43.9 Å². The Morgan fingerprint density at radius 1 is 1.03 bits per heavy atom. The predicted octanol–water partition coefficient (Wildman–Crippen LogP) is 4.59. The lowest BCUT2D eigenvalue weighted by molar-refractivity contribution is -0.133. The number of hydrogen-bond acceptors (Lipinski definition) is 3. The molecular formula is C25H31N3O2. The number of carbonyl (C=O) groups is 1. The Labute approximate surface area is 178 Å². The molecular weight excluding hydrogens is 374 g/mol. The molecule has 2 aromatic carbocycles. The zero-order valence-corrected chi connectivity index (χ0v) is 18.3. The molecule has 0 aliphatic carbocycles. The van der Waals surface area contributed by atoms with Gasteiger partial charge in [0, 0.05) is 13.1 Å². The zero-order valence-electron chi connectivity index (χ0n) is 18.3. The molecule has 0 fully saturated rings. The molecule has 0 saturated carbocycles. The van der Waals surface area contributed by atoms with Crippen molar-refractivity contribution in [2.75, 3.05) is 6.54 Å². The molecule has 0 spiro atoms. The summed E-state index contributed by atoms with van der Waals surface area (Å²) in [5.41, 5.74) is 1.61. The fourth-order valence-electron chi connectivity index (χ4n) is 3.75. The van der Waals surface area contributed by atoms with Crippen molar-refractivity contribution in [3.05, 3.63) is 76.3 Å². The van der Waals surface area contributed by atoms with Crippen molar-refractivity contribution in [1.29, 1.82) is 0 Å². The van der Waals surface area contributed by atoms with E-state index in [1.165, 1.54) is 0 Å². The van der Waals surface area contributed by atoms with Gasteiger partial charge in [0.2, 0.25) is 5.91 Å². The number of para-hydroxylation sites is 1. The average molecular weight is 406 g/mol. The van der Waals surface area contributed by atoms with Crippen LogP contribution in [0.5, 0.6) is 0 Å². The smallest absolute Gasteiger partial charge is 0.261 e. The molecule has 1 unspecified atom stereocenters. The first kappa shape index (κ1) is 21.8. The molecule has 0 bridgehead atoms. The first-order valence-electron chi connectivity index (χ1n) is 10.7. The minimum atomic E-state index is -0.294. The molecule has 0 radical (unpaired) electrons. The molecule has 5 heteroatoms. The molecule has 3 rings (SSSR count). The summed E-state index contributed by atoms with van der Waals surface area (Å²) in [5.74, 6) is 1.17. The van der Waals surface area contributed by atoms with Crippen LogP contribution in [-0.4, -0.2) is 26.9 Å². The summed E-state index contributed by atoms with van der Waals surface area (Å²) in [7, 11) is 0. The molecule has 0 saturated heterocycles. The molecule has 0 aliphatic rings. The molecule has 5 nitrogen and oxygen atoms in total. The van der Waals surface area contributed by atoms with E-state index in [2.05, 4.69) is 13.8 Å². The highest BCUT2D eigenvalue weighted by Gasteiger charge is 2.26. The van der Waals surface area contributed by atoms with E-state index in [-0.39, 0.29) is 17.5 Å². The van der Waals surface area contributed by atoms with Gasteiger partial charge in [-0.3, -0.25) is 14.2 Å². The van der Waals surface area contributed by atoms with Crippen molar-refractivity contribution in [3.8, 4) is 0 Å². The van der Waals surface area contributed by atoms with E-state index in [4.69, 9.17) is 4.98 Å². The summed E-state index contributed by atoms with van der Waals surface area (Å²) < 4.78 is 1.70. The Morgan fingerprint density at radius 2 is 1.70 bits per heavy atom. The molecule has 30 heavy (non-hydrogen) atoms. The topological polar surface area (TPSA) is 55.2 Å². The number of fused-ring (bicyclic) bond motifs is 1. The minimum Gasteiger partial charge on any atom is -0.332 e. The van der Waals surface area contributed by atoms with Gasteiger partial charge < -0.3 is 4.90 Å². The second kappa shape index (κ2) is 9.70. The number of hydrogen-bond donors (Lipinski definition) is 0. The van der Waals surface area contributed by atoms with Gasteiger partial charge in [-0.15, -0.1) is 0 Å². The van der Waals surface area contributed by atoms with Crippen LogP contribution in [0.3, 0.4) is 0 Å². The maximum Gasteiger partial charge on any atom is 0.261 e. The van der Waals surface area contributed by atoms with E-state index < -0.39 is 0 Å².